The number of hydrogen-bond donors (Lipinski definition) is 2. The molecule has 2 N–H and O–H groups in total. The number of rotatable bonds is 12. The van der Waals surface area contributed by atoms with Crippen molar-refractivity contribution in [3.63, 3.8) is 0 Å². The molecule has 2 amide bonds. The van der Waals surface area contributed by atoms with Crippen LogP contribution in [0.25, 0.3) is 10.8 Å². The van der Waals surface area contributed by atoms with E-state index in [0.29, 0.717) is 35.7 Å². The highest BCUT2D eigenvalue weighted by Gasteiger charge is 2.15. The number of carbonyl (C=O) groups excluding carboxylic acids is 2. The third-order valence-electron chi connectivity index (χ3n) is 7.73. The van der Waals surface area contributed by atoms with Gasteiger partial charge in [-0.05, 0) is 57.3 Å². The summed E-state index contributed by atoms with van der Waals surface area (Å²) in [5.41, 5.74) is 5.00. The second kappa shape index (κ2) is 14.7. The van der Waals surface area contributed by atoms with E-state index < -0.39 is 0 Å². The summed E-state index contributed by atoms with van der Waals surface area (Å²) in [5.74, 6) is 0.662. The maximum absolute atomic E-state index is 13.0. The molecule has 0 heterocycles. The van der Waals surface area contributed by atoms with Gasteiger partial charge < -0.3 is 20.1 Å². The van der Waals surface area contributed by atoms with Crippen LogP contribution in [0.2, 0.25) is 0 Å². The average Bonchev–Trinajstić information content (AvgIpc) is 3.12. The third kappa shape index (κ3) is 7.42. The Morgan fingerprint density at radius 3 is 1.24 bits per heavy atom. The summed E-state index contributed by atoms with van der Waals surface area (Å²) < 4.78 is 12.5. The molecule has 0 bridgehead atoms. The average molecular weight is 607 g/mol. The predicted molar refractivity (Wildman–Crippen MR) is 181 cm³/mol. The molecule has 46 heavy (non-hydrogen) atoms. The summed E-state index contributed by atoms with van der Waals surface area (Å²) in [6.07, 6.45) is 0. The van der Waals surface area contributed by atoms with Crippen LogP contribution in [-0.4, -0.2) is 11.8 Å². The second-order valence-corrected chi connectivity index (χ2v) is 10.8. The van der Waals surface area contributed by atoms with E-state index in [9.17, 15) is 9.59 Å². The van der Waals surface area contributed by atoms with Crippen LogP contribution in [0.3, 0.4) is 0 Å². The van der Waals surface area contributed by atoms with Gasteiger partial charge in [0, 0.05) is 13.1 Å². The Morgan fingerprint density at radius 2 is 0.804 bits per heavy atom. The maximum Gasteiger partial charge on any atom is 0.255 e. The molecule has 6 nitrogen and oxygen atoms in total. The predicted octanol–water partition coefficient (Wildman–Crippen LogP) is 7.86. The molecule has 228 valence electrons. The van der Waals surface area contributed by atoms with Crippen LogP contribution < -0.4 is 20.1 Å². The normalized spacial score (nSPS) is 10.7. The van der Waals surface area contributed by atoms with Crippen molar-refractivity contribution < 1.29 is 19.1 Å². The quantitative estimate of drug-likeness (QED) is 0.149. The van der Waals surface area contributed by atoms with E-state index >= 15 is 0 Å². The van der Waals surface area contributed by atoms with Gasteiger partial charge in [-0.3, -0.25) is 9.59 Å². The first-order valence-corrected chi connectivity index (χ1v) is 15.2. The molecule has 6 heteroatoms. The number of hydrogen-bond acceptors (Lipinski definition) is 4. The molecule has 0 aromatic heterocycles. The lowest BCUT2D eigenvalue weighted by atomic mass is 10.00. The molecular formula is C40H34N2O4. The van der Waals surface area contributed by atoms with Crippen molar-refractivity contribution >= 4 is 22.6 Å². The van der Waals surface area contributed by atoms with E-state index in [1.54, 1.807) is 12.1 Å². The Kier molecular flexibility index (Phi) is 9.66. The molecular weight excluding hydrogens is 572 g/mol. The van der Waals surface area contributed by atoms with Gasteiger partial charge in [-0.25, -0.2) is 0 Å². The number of carbonyl (C=O) groups is 2. The van der Waals surface area contributed by atoms with Gasteiger partial charge in [-0.1, -0.05) is 121 Å². The highest BCUT2D eigenvalue weighted by atomic mass is 16.5. The largest absolute Gasteiger partial charge is 0.488 e. The molecule has 6 aromatic rings. The summed E-state index contributed by atoms with van der Waals surface area (Å²) in [6.45, 7) is 1.44. The molecule has 0 saturated carbocycles. The standard InChI is InChI=1S/C40H34N2O4/c43-39(41-25-29-13-3-1-4-14-29)35-19-9-11-21-37(35)45-27-31-23-24-32(34-18-8-7-17-33(31)34)28-46-38-22-12-10-20-36(38)40(44)42-26-30-15-5-2-6-16-30/h1-24H,25-28H2,(H,41,43)(H,42,44). The molecule has 0 aliphatic carbocycles. The molecule has 6 rings (SSSR count). The van der Waals surface area contributed by atoms with E-state index in [-0.39, 0.29) is 25.0 Å². The minimum Gasteiger partial charge on any atom is -0.488 e. The minimum absolute atomic E-state index is 0.189. The van der Waals surface area contributed by atoms with Crippen LogP contribution in [-0.2, 0) is 26.3 Å². The monoisotopic (exact) mass is 606 g/mol. The highest BCUT2D eigenvalue weighted by molar-refractivity contribution is 5.97. The van der Waals surface area contributed by atoms with Crippen LogP contribution in [0.4, 0.5) is 0 Å². The summed E-state index contributed by atoms with van der Waals surface area (Å²) in [4.78, 5) is 26.1. The molecule has 0 atom stereocenters. The lowest BCUT2D eigenvalue weighted by Crippen LogP contribution is -2.23. The molecule has 0 unspecified atom stereocenters. The first kappa shape index (κ1) is 30.2. The Labute approximate surface area is 268 Å². The van der Waals surface area contributed by atoms with E-state index in [2.05, 4.69) is 22.8 Å². The number of ether oxygens (including phenoxy) is 2. The van der Waals surface area contributed by atoms with Crippen LogP contribution in [0.1, 0.15) is 43.0 Å². The van der Waals surface area contributed by atoms with Crippen LogP contribution >= 0.6 is 0 Å². The summed E-state index contributed by atoms with van der Waals surface area (Å²) in [5, 5.41) is 8.03. The maximum atomic E-state index is 13.0. The first-order valence-electron chi connectivity index (χ1n) is 15.2. The van der Waals surface area contributed by atoms with E-state index in [0.717, 1.165) is 33.0 Å². The zero-order chi connectivity index (χ0) is 31.6. The van der Waals surface area contributed by atoms with Gasteiger partial charge in [-0.15, -0.1) is 0 Å². The van der Waals surface area contributed by atoms with Crippen LogP contribution in [0, 0.1) is 0 Å². The van der Waals surface area contributed by atoms with E-state index in [4.69, 9.17) is 9.47 Å². The van der Waals surface area contributed by atoms with Gasteiger partial charge in [0.05, 0.1) is 11.1 Å². The summed E-state index contributed by atoms with van der Waals surface area (Å²) >= 11 is 0. The molecule has 0 aliphatic heterocycles. The first-order chi connectivity index (χ1) is 22.7. The lowest BCUT2D eigenvalue weighted by molar-refractivity contribution is 0.0938. The van der Waals surface area contributed by atoms with Gasteiger partial charge in [0.1, 0.15) is 24.7 Å². The van der Waals surface area contributed by atoms with Crippen molar-refractivity contribution in [3.05, 3.63) is 179 Å². The summed E-state index contributed by atoms with van der Waals surface area (Å²) in [7, 11) is 0. The smallest absolute Gasteiger partial charge is 0.255 e. The Bertz CT molecular complexity index is 1800. The topological polar surface area (TPSA) is 76.7 Å². The van der Waals surface area contributed by atoms with Crippen molar-refractivity contribution in [2.45, 2.75) is 26.3 Å². The van der Waals surface area contributed by atoms with Gasteiger partial charge in [-0.2, -0.15) is 0 Å². The third-order valence-corrected chi connectivity index (χ3v) is 7.73. The number of para-hydroxylation sites is 2. The minimum atomic E-state index is -0.189. The number of nitrogens with one attached hydrogen (secondary N) is 2. The van der Waals surface area contributed by atoms with E-state index in [1.807, 2.05) is 121 Å². The fraction of sp³-hybridized carbons (Fsp3) is 0.100. The van der Waals surface area contributed by atoms with Crippen LogP contribution in [0.15, 0.2) is 146 Å². The van der Waals surface area contributed by atoms with Crippen molar-refractivity contribution in [1.82, 2.24) is 10.6 Å². The van der Waals surface area contributed by atoms with Gasteiger partial charge in [0.2, 0.25) is 0 Å². The van der Waals surface area contributed by atoms with Gasteiger partial charge in [0.15, 0.2) is 0 Å². The zero-order valence-corrected chi connectivity index (χ0v) is 25.3. The lowest BCUT2D eigenvalue weighted by Gasteiger charge is -2.16. The molecule has 0 aliphatic rings. The van der Waals surface area contributed by atoms with Gasteiger partial charge >= 0.3 is 0 Å². The highest BCUT2D eigenvalue weighted by Crippen LogP contribution is 2.28. The fourth-order valence-electron chi connectivity index (χ4n) is 5.29. The summed E-state index contributed by atoms with van der Waals surface area (Å²) in [6, 6.07) is 46.3. The van der Waals surface area contributed by atoms with E-state index in [1.165, 1.54) is 0 Å². The second-order valence-electron chi connectivity index (χ2n) is 10.8. The number of fused-ring (bicyclic) bond motifs is 1. The van der Waals surface area contributed by atoms with Crippen molar-refractivity contribution in [2.24, 2.45) is 0 Å². The Balaban J connectivity index is 1.13. The Hall–Kier alpha value is -5.88. The zero-order valence-electron chi connectivity index (χ0n) is 25.3. The SMILES string of the molecule is O=C(NCc1ccccc1)c1ccccc1OCc1ccc(COc2ccccc2C(=O)NCc2ccccc2)c2ccccc12. The molecule has 0 saturated heterocycles. The fourth-order valence-corrected chi connectivity index (χ4v) is 5.29. The molecule has 0 spiro atoms. The molecule has 0 fully saturated rings. The van der Waals surface area contributed by atoms with Crippen molar-refractivity contribution in [2.75, 3.05) is 0 Å². The van der Waals surface area contributed by atoms with Crippen molar-refractivity contribution in [3.8, 4) is 11.5 Å². The van der Waals surface area contributed by atoms with Crippen molar-refractivity contribution in [1.29, 1.82) is 0 Å². The Morgan fingerprint density at radius 1 is 0.435 bits per heavy atom. The molecule has 6 aromatic carbocycles. The number of benzene rings is 6. The molecule has 0 radical (unpaired) electrons. The van der Waals surface area contributed by atoms with Crippen LogP contribution in [0.5, 0.6) is 11.5 Å². The number of amides is 2. The van der Waals surface area contributed by atoms with Gasteiger partial charge in [0.25, 0.3) is 11.8 Å².